The normalized spacial score (nSPS) is 16.0. The number of hydrogen-bond acceptors (Lipinski definition) is 8. The molecule has 0 bridgehead atoms. The lowest BCUT2D eigenvalue weighted by Crippen LogP contribution is -2.52. The summed E-state index contributed by atoms with van der Waals surface area (Å²) in [6.45, 7) is 5.59. The van der Waals surface area contributed by atoms with E-state index in [2.05, 4.69) is 4.98 Å². The number of anilines is 1. The summed E-state index contributed by atoms with van der Waals surface area (Å²) in [5.41, 5.74) is -0.564. The van der Waals surface area contributed by atoms with Gasteiger partial charge in [0.05, 0.1) is 35.5 Å². The molecule has 2 aromatic heterocycles. The number of hydrogen-bond donors (Lipinski definition) is 4. The summed E-state index contributed by atoms with van der Waals surface area (Å²) in [6, 6.07) is 0.694. The van der Waals surface area contributed by atoms with Crippen molar-refractivity contribution in [3.63, 3.8) is 0 Å². The Labute approximate surface area is 229 Å². The monoisotopic (exact) mass is 568 g/mol. The molecule has 4 rings (SSSR count). The molecule has 0 aliphatic carbocycles. The molecule has 0 saturated carbocycles. The third-order valence-electron chi connectivity index (χ3n) is 7.19. The fourth-order valence-electron chi connectivity index (χ4n) is 5.14. The zero-order valence-corrected chi connectivity index (χ0v) is 22.6. The fraction of sp³-hybridized carbons (Fsp3) is 0.423. The van der Waals surface area contributed by atoms with Crippen molar-refractivity contribution in [2.45, 2.75) is 53.1 Å². The van der Waals surface area contributed by atoms with Crippen LogP contribution in [0.4, 0.5) is 14.5 Å². The van der Waals surface area contributed by atoms with Crippen molar-refractivity contribution in [1.82, 2.24) is 14.5 Å². The van der Waals surface area contributed by atoms with Crippen LogP contribution in [0.5, 0.6) is 5.75 Å². The molecule has 4 N–H and O–H groups in total. The first kappa shape index (κ1) is 30.2. The summed E-state index contributed by atoms with van der Waals surface area (Å²) in [6.07, 6.45) is 1.07. The van der Waals surface area contributed by atoms with Crippen LogP contribution in [0.25, 0.3) is 10.9 Å². The van der Waals surface area contributed by atoms with Crippen LogP contribution in [0.2, 0.25) is 0 Å². The van der Waals surface area contributed by atoms with E-state index in [0.717, 1.165) is 12.3 Å². The van der Waals surface area contributed by atoms with Gasteiger partial charge in [-0.2, -0.15) is 0 Å². The smallest absolute Gasteiger partial charge is 0.341 e. The molecule has 212 valence electrons. The van der Waals surface area contributed by atoms with Crippen LogP contribution >= 0.6 is 12.4 Å². The maximum Gasteiger partial charge on any atom is 0.341 e. The highest BCUT2D eigenvalue weighted by molar-refractivity contribution is 5.93. The van der Waals surface area contributed by atoms with E-state index >= 15 is 8.78 Å². The van der Waals surface area contributed by atoms with Gasteiger partial charge in [0.2, 0.25) is 5.43 Å². The van der Waals surface area contributed by atoms with Gasteiger partial charge in [-0.05, 0) is 26.8 Å². The Balaban J connectivity index is 0.00000420. The predicted octanol–water partition coefficient (Wildman–Crippen LogP) is 2.52. The van der Waals surface area contributed by atoms with Crippen LogP contribution in [0.1, 0.15) is 46.7 Å². The van der Waals surface area contributed by atoms with Crippen LogP contribution < -0.4 is 10.3 Å². The number of carboxylic acids is 1. The van der Waals surface area contributed by atoms with E-state index in [-0.39, 0.29) is 72.5 Å². The topological polar surface area (TPSA) is 139 Å². The highest BCUT2D eigenvalue weighted by Crippen LogP contribution is 2.33. The van der Waals surface area contributed by atoms with Crippen molar-refractivity contribution >= 4 is 35.0 Å². The fourth-order valence-corrected chi connectivity index (χ4v) is 5.14. The number of piperazine rings is 1. The SMILES string of the molecule is CCn1cc(C(=O)O)c(=O)c2cc(F)c(N3CCN(Cc4nc(C)c(O)c(CO)c4CO)C(C)C3)c(F)c21.Cl. The number of halogens is 3. The molecule has 0 radical (unpaired) electrons. The Morgan fingerprint density at radius 2 is 1.85 bits per heavy atom. The average Bonchev–Trinajstić information content (AvgIpc) is 2.87. The second-order valence-electron chi connectivity index (χ2n) is 9.41. The summed E-state index contributed by atoms with van der Waals surface area (Å²) in [7, 11) is 0. The lowest BCUT2D eigenvalue weighted by Gasteiger charge is -2.41. The van der Waals surface area contributed by atoms with E-state index in [0.29, 0.717) is 23.5 Å². The van der Waals surface area contributed by atoms with Gasteiger partial charge in [0.15, 0.2) is 5.82 Å². The number of aromatic carboxylic acids is 1. The van der Waals surface area contributed by atoms with Crippen LogP contribution in [0.15, 0.2) is 17.1 Å². The zero-order valence-electron chi connectivity index (χ0n) is 21.7. The number of rotatable bonds is 7. The largest absolute Gasteiger partial charge is 0.506 e. The molecule has 1 fully saturated rings. The summed E-state index contributed by atoms with van der Waals surface area (Å²) < 4.78 is 32.4. The lowest BCUT2D eigenvalue weighted by atomic mass is 10.0. The summed E-state index contributed by atoms with van der Waals surface area (Å²) in [5.74, 6) is -3.52. The maximum atomic E-state index is 15.8. The number of carbonyl (C=O) groups is 1. The number of aromatic hydroxyl groups is 1. The van der Waals surface area contributed by atoms with Gasteiger partial charge in [0.1, 0.15) is 22.8 Å². The number of aliphatic hydroxyl groups is 2. The van der Waals surface area contributed by atoms with E-state index in [1.54, 1.807) is 18.7 Å². The molecule has 1 aromatic carbocycles. The zero-order chi connectivity index (χ0) is 27.9. The second kappa shape index (κ2) is 11.8. The highest BCUT2D eigenvalue weighted by Gasteiger charge is 2.31. The number of fused-ring (bicyclic) bond motifs is 1. The second-order valence-corrected chi connectivity index (χ2v) is 9.41. The van der Waals surface area contributed by atoms with E-state index in [1.807, 2.05) is 11.8 Å². The Kier molecular flexibility index (Phi) is 9.16. The number of aromatic nitrogens is 2. The average molecular weight is 569 g/mol. The molecule has 3 aromatic rings. The van der Waals surface area contributed by atoms with Crippen LogP contribution in [0, 0.1) is 18.6 Å². The van der Waals surface area contributed by atoms with Crippen molar-refractivity contribution < 1.29 is 34.0 Å². The molecule has 39 heavy (non-hydrogen) atoms. The van der Waals surface area contributed by atoms with E-state index < -0.39 is 41.8 Å². The minimum atomic E-state index is -1.47. The molecule has 3 heterocycles. The summed E-state index contributed by atoms with van der Waals surface area (Å²) in [5, 5.41) is 38.7. The molecular weight excluding hydrogens is 538 g/mol. The van der Waals surface area contributed by atoms with Crippen molar-refractivity contribution in [2.75, 3.05) is 24.5 Å². The van der Waals surface area contributed by atoms with Crippen LogP contribution in [-0.2, 0) is 26.3 Å². The molecule has 10 nitrogen and oxygen atoms in total. The third kappa shape index (κ3) is 5.29. The van der Waals surface area contributed by atoms with Crippen molar-refractivity contribution in [1.29, 1.82) is 0 Å². The molecule has 1 saturated heterocycles. The molecule has 0 amide bonds. The molecule has 1 aliphatic rings. The first-order chi connectivity index (χ1) is 18.0. The van der Waals surface area contributed by atoms with Crippen molar-refractivity contribution in [3.8, 4) is 5.75 Å². The standard InChI is InChI=1S/C26H30F2N4O6.ClH/c1-4-30-9-16(26(37)38)25(36)15-7-19(27)23(21(28)22(15)30)32-6-5-31(13(2)8-32)10-20-17(11-33)18(12-34)24(35)14(3)29-20;/h7,9,13,33-35H,4-6,8,10-12H2,1-3H3,(H,37,38);1H. The van der Waals surface area contributed by atoms with Gasteiger partial charge >= 0.3 is 5.97 Å². The number of pyridine rings is 2. The molecular formula is C26H31ClF2N4O6. The van der Waals surface area contributed by atoms with E-state index in [1.165, 1.54) is 4.57 Å². The van der Waals surface area contributed by atoms with Crippen molar-refractivity contribution in [2.24, 2.45) is 0 Å². The number of nitrogens with zero attached hydrogens (tertiary/aromatic N) is 4. The number of aliphatic hydroxyl groups excluding tert-OH is 2. The predicted molar refractivity (Wildman–Crippen MR) is 143 cm³/mol. The third-order valence-corrected chi connectivity index (χ3v) is 7.19. The number of benzene rings is 1. The van der Waals surface area contributed by atoms with Gasteiger partial charge in [-0.1, -0.05) is 0 Å². The summed E-state index contributed by atoms with van der Waals surface area (Å²) in [4.78, 5) is 32.1. The minimum Gasteiger partial charge on any atom is -0.506 e. The number of aryl methyl sites for hydroxylation is 2. The molecule has 13 heteroatoms. The molecule has 1 atom stereocenters. The Morgan fingerprint density at radius 3 is 2.41 bits per heavy atom. The highest BCUT2D eigenvalue weighted by atomic mass is 35.5. The first-order valence-electron chi connectivity index (χ1n) is 12.2. The number of carboxylic acid groups (broad SMARTS) is 1. The van der Waals surface area contributed by atoms with Crippen molar-refractivity contribution in [3.05, 3.63) is 62.2 Å². The lowest BCUT2D eigenvalue weighted by molar-refractivity contribution is 0.0694. The van der Waals surface area contributed by atoms with Gasteiger partial charge in [-0.25, -0.2) is 13.6 Å². The summed E-state index contributed by atoms with van der Waals surface area (Å²) >= 11 is 0. The van der Waals surface area contributed by atoms with Gasteiger partial charge in [0.25, 0.3) is 0 Å². The quantitative estimate of drug-likeness (QED) is 0.338. The van der Waals surface area contributed by atoms with E-state index in [9.17, 15) is 30.0 Å². The van der Waals surface area contributed by atoms with Gasteiger partial charge in [0, 0.05) is 56.1 Å². The maximum absolute atomic E-state index is 15.8. The first-order valence-corrected chi connectivity index (χ1v) is 12.2. The van der Waals surface area contributed by atoms with Gasteiger partial charge in [-0.3, -0.25) is 14.7 Å². The van der Waals surface area contributed by atoms with Gasteiger partial charge < -0.3 is 29.9 Å². The Hall–Kier alpha value is -3.32. The molecule has 1 unspecified atom stereocenters. The molecule has 1 aliphatic heterocycles. The van der Waals surface area contributed by atoms with Gasteiger partial charge in [-0.15, -0.1) is 12.4 Å². The minimum absolute atomic E-state index is 0. The van der Waals surface area contributed by atoms with Crippen LogP contribution in [-0.4, -0.2) is 66.5 Å². The Bertz CT molecular complexity index is 1480. The van der Waals surface area contributed by atoms with Crippen LogP contribution in [0.3, 0.4) is 0 Å². The van der Waals surface area contributed by atoms with E-state index in [4.69, 9.17) is 0 Å². The molecule has 0 spiro atoms. The Morgan fingerprint density at radius 1 is 1.18 bits per heavy atom.